The van der Waals surface area contributed by atoms with Crippen LogP contribution in [0.1, 0.15) is 5.56 Å². The molecule has 2 nitrogen and oxygen atoms in total. The first kappa shape index (κ1) is 11.1. The summed E-state index contributed by atoms with van der Waals surface area (Å²) in [5.74, 6) is -0.557. The molecule has 1 rings (SSSR count). The Bertz CT molecular complexity index is 360. The third-order valence-corrected chi connectivity index (χ3v) is 1.88. The molecule has 1 N–H and O–H groups in total. The first-order chi connectivity index (χ1) is 6.65. The average molecular weight is 233 g/mol. The molecule has 0 radical (unpaired) electrons. The third kappa shape index (κ3) is 2.76. The van der Waals surface area contributed by atoms with Crippen molar-refractivity contribution in [1.29, 1.82) is 5.26 Å². The van der Waals surface area contributed by atoms with E-state index in [4.69, 9.17) is 28.5 Å². The molecule has 0 aromatic heterocycles. The second-order valence-electron chi connectivity index (χ2n) is 2.55. The number of nitrogens with one attached hydrogen (secondary N) is 1. The highest BCUT2D eigenvalue weighted by molar-refractivity contribution is 6.44. The van der Waals surface area contributed by atoms with Crippen LogP contribution in [0.4, 0.5) is 10.1 Å². The van der Waals surface area contributed by atoms with E-state index in [2.05, 4.69) is 5.32 Å². The van der Waals surface area contributed by atoms with Crippen LogP contribution in [0.3, 0.4) is 0 Å². The van der Waals surface area contributed by atoms with Gasteiger partial charge in [-0.3, -0.25) is 0 Å². The Morgan fingerprint density at radius 1 is 1.50 bits per heavy atom. The van der Waals surface area contributed by atoms with Gasteiger partial charge in [0.15, 0.2) is 0 Å². The Morgan fingerprint density at radius 2 is 2.21 bits per heavy atom. The lowest BCUT2D eigenvalue weighted by Crippen LogP contribution is -2.10. The van der Waals surface area contributed by atoms with Gasteiger partial charge in [-0.15, -0.1) is 23.2 Å². The van der Waals surface area contributed by atoms with E-state index >= 15 is 0 Å². The molecule has 0 saturated heterocycles. The van der Waals surface area contributed by atoms with Crippen molar-refractivity contribution in [2.45, 2.75) is 4.84 Å². The highest BCUT2D eigenvalue weighted by atomic mass is 35.5. The van der Waals surface area contributed by atoms with E-state index in [-0.39, 0.29) is 12.1 Å². The molecular formula is C9H7Cl2FN2. The molecule has 0 saturated carbocycles. The van der Waals surface area contributed by atoms with Crippen LogP contribution >= 0.6 is 23.2 Å². The lowest BCUT2D eigenvalue weighted by Gasteiger charge is -2.08. The molecule has 0 bridgehead atoms. The molecule has 0 atom stereocenters. The first-order valence-electron chi connectivity index (χ1n) is 3.85. The number of halogens is 3. The number of nitriles is 1. The van der Waals surface area contributed by atoms with Gasteiger partial charge in [-0.25, -0.2) is 4.39 Å². The first-order valence-corrected chi connectivity index (χ1v) is 4.73. The minimum absolute atomic E-state index is 0.0264. The van der Waals surface area contributed by atoms with Crippen molar-refractivity contribution in [3.63, 3.8) is 0 Å². The second kappa shape index (κ2) is 5.04. The van der Waals surface area contributed by atoms with Crippen LogP contribution in [-0.4, -0.2) is 11.4 Å². The maximum absolute atomic E-state index is 13.0. The van der Waals surface area contributed by atoms with Crippen LogP contribution in [0.5, 0.6) is 0 Å². The van der Waals surface area contributed by atoms with Gasteiger partial charge in [0.1, 0.15) is 22.3 Å². The van der Waals surface area contributed by atoms with Gasteiger partial charge >= 0.3 is 0 Å². The van der Waals surface area contributed by atoms with Crippen LogP contribution in [0.25, 0.3) is 0 Å². The molecule has 74 valence electrons. The summed E-state index contributed by atoms with van der Waals surface area (Å²) >= 11 is 11.0. The highest BCUT2D eigenvalue weighted by Crippen LogP contribution is 2.18. The summed E-state index contributed by atoms with van der Waals surface area (Å²) in [6.45, 7) is 0.265. The van der Waals surface area contributed by atoms with Gasteiger partial charge in [-0.1, -0.05) is 6.07 Å². The predicted molar refractivity (Wildman–Crippen MR) is 55.1 cm³/mol. The van der Waals surface area contributed by atoms with Crippen molar-refractivity contribution < 1.29 is 4.39 Å². The number of nitrogens with zero attached hydrogens (tertiary/aromatic N) is 1. The molecule has 5 heteroatoms. The zero-order chi connectivity index (χ0) is 10.6. The number of hydrogen-bond donors (Lipinski definition) is 1. The van der Waals surface area contributed by atoms with Crippen molar-refractivity contribution in [1.82, 2.24) is 0 Å². The van der Waals surface area contributed by atoms with Gasteiger partial charge in [-0.2, -0.15) is 5.26 Å². The second-order valence-corrected chi connectivity index (χ2v) is 3.82. The molecule has 0 spiro atoms. The molecule has 0 aliphatic carbocycles. The molecule has 14 heavy (non-hydrogen) atoms. The van der Waals surface area contributed by atoms with E-state index in [1.807, 2.05) is 0 Å². The van der Waals surface area contributed by atoms with Crippen LogP contribution in [0, 0.1) is 17.1 Å². The minimum Gasteiger partial charge on any atom is -0.381 e. The molecule has 0 amide bonds. The maximum atomic E-state index is 13.0. The molecule has 0 aliphatic rings. The smallest absolute Gasteiger partial charge is 0.143 e. The third-order valence-electron chi connectivity index (χ3n) is 1.57. The van der Waals surface area contributed by atoms with E-state index in [0.29, 0.717) is 5.69 Å². The lowest BCUT2D eigenvalue weighted by atomic mass is 10.2. The SMILES string of the molecule is N#Cc1c(F)cccc1NCC(Cl)Cl. The zero-order valence-electron chi connectivity index (χ0n) is 7.10. The normalized spacial score (nSPS) is 9.93. The molecular weight excluding hydrogens is 226 g/mol. The monoisotopic (exact) mass is 232 g/mol. The summed E-state index contributed by atoms with van der Waals surface area (Å²) in [7, 11) is 0. The molecule has 0 fully saturated rings. The molecule has 1 aromatic rings. The number of benzene rings is 1. The summed E-state index contributed by atoms with van der Waals surface area (Å²) in [4.78, 5) is -0.593. The summed E-state index contributed by atoms with van der Waals surface area (Å²) in [6, 6.07) is 6.09. The number of rotatable bonds is 3. The fourth-order valence-electron chi connectivity index (χ4n) is 0.972. The number of alkyl halides is 2. The average Bonchev–Trinajstić information content (AvgIpc) is 2.14. The Labute approximate surface area is 91.2 Å². The highest BCUT2D eigenvalue weighted by Gasteiger charge is 2.07. The number of anilines is 1. The Kier molecular flexibility index (Phi) is 3.99. The van der Waals surface area contributed by atoms with Crippen molar-refractivity contribution in [2.24, 2.45) is 0 Å². The lowest BCUT2D eigenvalue weighted by molar-refractivity contribution is 0.624. The van der Waals surface area contributed by atoms with Crippen LogP contribution < -0.4 is 5.32 Å². The van der Waals surface area contributed by atoms with Gasteiger partial charge in [0.25, 0.3) is 0 Å². The maximum Gasteiger partial charge on any atom is 0.143 e. The Balaban J connectivity index is 2.87. The zero-order valence-corrected chi connectivity index (χ0v) is 8.61. The van der Waals surface area contributed by atoms with Gasteiger partial charge < -0.3 is 5.32 Å². The van der Waals surface area contributed by atoms with Crippen molar-refractivity contribution in [3.05, 3.63) is 29.6 Å². The Hall–Kier alpha value is -0.980. The Morgan fingerprint density at radius 3 is 2.79 bits per heavy atom. The fraction of sp³-hybridized carbons (Fsp3) is 0.222. The van der Waals surface area contributed by atoms with Gasteiger partial charge in [0.2, 0.25) is 0 Å². The minimum atomic E-state index is -0.593. The van der Waals surface area contributed by atoms with E-state index < -0.39 is 10.7 Å². The topological polar surface area (TPSA) is 35.8 Å². The van der Waals surface area contributed by atoms with Gasteiger partial charge in [0, 0.05) is 6.54 Å². The number of hydrogen-bond acceptors (Lipinski definition) is 2. The van der Waals surface area contributed by atoms with Crippen molar-refractivity contribution in [2.75, 3.05) is 11.9 Å². The largest absolute Gasteiger partial charge is 0.381 e. The van der Waals surface area contributed by atoms with Crippen molar-refractivity contribution in [3.8, 4) is 6.07 Å². The quantitative estimate of drug-likeness (QED) is 0.814. The summed E-state index contributed by atoms with van der Waals surface area (Å²) in [5, 5.41) is 11.4. The molecule has 0 heterocycles. The molecule has 1 aromatic carbocycles. The summed E-state index contributed by atoms with van der Waals surface area (Å²) < 4.78 is 13.0. The van der Waals surface area contributed by atoms with E-state index in [9.17, 15) is 4.39 Å². The van der Waals surface area contributed by atoms with Crippen LogP contribution in [0.15, 0.2) is 18.2 Å². The molecule has 0 aliphatic heterocycles. The van der Waals surface area contributed by atoms with Crippen molar-refractivity contribution >= 4 is 28.9 Å². The van der Waals surface area contributed by atoms with E-state index in [0.717, 1.165) is 0 Å². The van der Waals surface area contributed by atoms with Gasteiger partial charge in [0.05, 0.1) is 5.69 Å². The van der Waals surface area contributed by atoms with Gasteiger partial charge in [-0.05, 0) is 12.1 Å². The van der Waals surface area contributed by atoms with E-state index in [1.165, 1.54) is 12.1 Å². The van der Waals surface area contributed by atoms with Crippen LogP contribution in [-0.2, 0) is 0 Å². The standard InChI is InChI=1S/C9H7Cl2FN2/c10-9(11)5-14-8-3-1-2-7(12)6(8)4-13/h1-3,9,14H,5H2. The predicted octanol–water partition coefficient (Wildman–Crippen LogP) is 2.91. The fourth-order valence-corrected chi connectivity index (χ4v) is 1.13. The summed E-state index contributed by atoms with van der Waals surface area (Å²) in [5.41, 5.74) is 0.375. The molecule has 0 unspecified atom stereocenters. The van der Waals surface area contributed by atoms with Crippen LogP contribution in [0.2, 0.25) is 0 Å². The van der Waals surface area contributed by atoms with E-state index in [1.54, 1.807) is 12.1 Å². The summed E-state index contributed by atoms with van der Waals surface area (Å²) in [6.07, 6.45) is 0.